The molecule has 0 amide bonds. The molecule has 0 aromatic heterocycles. The first kappa shape index (κ1) is 13.2. The van der Waals surface area contributed by atoms with Crippen molar-refractivity contribution in [1.29, 1.82) is 0 Å². The predicted molar refractivity (Wildman–Crippen MR) is 78.3 cm³/mol. The Morgan fingerprint density at radius 3 is 2.37 bits per heavy atom. The Morgan fingerprint density at radius 2 is 1.74 bits per heavy atom. The molecule has 19 heavy (non-hydrogen) atoms. The van der Waals surface area contributed by atoms with Crippen LogP contribution in [0.4, 0.5) is 0 Å². The molecule has 0 unspecified atom stereocenters. The summed E-state index contributed by atoms with van der Waals surface area (Å²) < 4.78 is 0. The van der Waals surface area contributed by atoms with Crippen LogP contribution in [0.1, 0.15) is 19.4 Å². The number of benzene rings is 2. The van der Waals surface area contributed by atoms with E-state index in [4.69, 9.17) is 0 Å². The second-order valence-electron chi connectivity index (χ2n) is 4.84. The predicted octanol–water partition coefficient (Wildman–Crippen LogP) is 4.27. The largest absolute Gasteiger partial charge is 0.508 e. The van der Waals surface area contributed by atoms with Crippen LogP contribution in [0.3, 0.4) is 0 Å². The fourth-order valence-corrected chi connectivity index (χ4v) is 2.04. The fourth-order valence-electron chi connectivity index (χ4n) is 2.04. The summed E-state index contributed by atoms with van der Waals surface area (Å²) in [5, 5.41) is 19.7. The molecule has 2 aromatic rings. The first-order chi connectivity index (χ1) is 9.08. The van der Waals surface area contributed by atoms with Crippen molar-refractivity contribution >= 4 is 0 Å². The Balaban J connectivity index is 2.55. The number of allylic oxidation sites excluding steroid dienone is 2. The van der Waals surface area contributed by atoms with Gasteiger partial charge in [-0.15, -0.1) is 0 Å². The van der Waals surface area contributed by atoms with E-state index in [0.29, 0.717) is 6.42 Å². The van der Waals surface area contributed by atoms with Gasteiger partial charge in [0.05, 0.1) is 0 Å². The number of phenolic OH excluding ortho intramolecular Hbond substituents is 2. The molecule has 0 fully saturated rings. The van der Waals surface area contributed by atoms with Crippen LogP contribution >= 0.6 is 0 Å². The maximum absolute atomic E-state index is 10.1. The third-order valence-corrected chi connectivity index (χ3v) is 3.01. The average molecular weight is 254 g/mol. The Hall–Kier alpha value is -2.22. The van der Waals surface area contributed by atoms with Crippen LogP contribution in [0.15, 0.2) is 54.1 Å². The minimum atomic E-state index is 0.0808. The van der Waals surface area contributed by atoms with Crippen LogP contribution in [0.25, 0.3) is 11.1 Å². The van der Waals surface area contributed by atoms with E-state index in [9.17, 15) is 10.2 Å². The zero-order valence-corrected chi connectivity index (χ0v) is 11.2. The first-order valence-corrected chi connectivity index (χ1v) is 6.31. The van der Waals surface area contributed by atoms with Gasteiger partial charge in [0, 0.05) is 11.6 Å². The van der Waals surface area contributed by atoms with Crippen LogP contribution in [-0.2, 0) is 6.42 Å². The van der Waals surface area contributed by atoms with Gasteiger partial charge in [0.25, 0.3) is 0 Å². The molecule has 0 heterocycles. The normalized spacial score (nSPS) is 10.2. The van der Waals surface area contributed by atoms with E-state index >= 15 is 0 Å². The summed E-state index contributed by atoms with van der Waals surface area (Å²) in [6.07, 6.45) is 2.72. The molecule has 0 radical (unpaired) electrons. The van der Waals surface area contributed by atoms with Gasteiger partial charge < -0.3 is 10.2 Å². The van der Waals surface area contributed by atoms with Gasteiger partial charge in [-0.1, -0.05) is 42.0 Å². The summed E-state index contributed by atoms with van der Waals surface area (Å²) in [5.41, 5.74) is 3.90. The standard InChI is InChI=1S/C17H18O2/c1-12(2)8-9-15-16(10-14(18)11-17(15)19)13-6-4-3-5-7-13/h3-8,10-11,18-19H,9H2,1-2H3. The van der Waals surface area contributed by atoms with Crippen molar-refractivity contribution in [2.45, 2.75) is 20.3 Å². The summed E-state index contributed by atoms with van der Waals surface area (Å²) in [6, 6.07) is 12.9. The molecule has 2 rings (SSSR count). The van der Waals surface area contributed by atoms with Crippen molar-refractivity contribution in [3.63, 3.8) is 0 Å². The van der Waals surface area contributed by atoms with E-state index < -0.39 is 0 Å². The van der Waals surface area contributed by atoms with E-state index in [1.807, 2.05) is 44.2 Å². The Labute approximate surface area is 113 Å². The average Bonchev–Trinajstić information content (AvgIpc) is 2.37. The van der Waals surface area contributed by atoms with E-state index in [2.05, 4.69) is 6.08 Å². The molecule has 98 valence electrons. The summed E-state index contributed by atoms with van der Waals surface area (Å²) in [4.78, 5) is 0. The molecular formula is C17H18O2. The Morgan fingerprint density at radius 1 is 1.05 bits per heavy atom. The molecule has 2 N–H and O–H groups in total. The highest BCUT2D eigenvalue weighted by Crippen LogP contribution is 2.34. The van der Waals surface area contributed by atoms with Crippen LogP contribution in [0.2, 0.25) is 0 Å². The molecule has 2 aromatic carbocycles. The first-order valence-electron chi connectivity index (χ1n) is 6.31. The molecule has 0 saturated heterocycles. The fraction of sp³-hybridized carbons (Fsp3) is 0.176. The van der Waals surface area contributed by atoms with Crippen molar-refractivity contribution in [1.82, 2.24) is 0 Å². The zero-order valence-electron chi connectivity index (χ0n) is 11.2. The van der Waals surface area contributed by atoms with E-state index in [1.54, 1.807) is 6.07 Å². The zero-order chi connectivity index (χ0) is 13.8. The molecule has 0 bridgehead atoms. The molecule has 0 atom stereocenters. The second-order valence-corrected chi connectivity index (χ2v) is 4.84. The second kappa shape index (κ2) is 5.61. The van der Waals surface area contributed by atoms with E-state index in [0.717, 1.165) is 16.7 Å². The van der Waals surface area contributed by atoms with Gasteiger partial charge in [0.1, 0.15) is 11.5 Å². The molecule has 0 aliphatic heterocycles. The molecule has 2 heteroatoms. The third kappa shape index (κ3) is 3.16. The molecular weight excluding hydrogens is 236 g/mol. The molecule has 0 spiro atoms. The maximum atomic E-state index is 10.1. The van der Waals surface area contributed by atoms with Crippen molar-refractivity contribution < 1.29 is 10.2 Å². The lowest BCUT2D eigenvalue weighted by atomic mass is 9.96. The SMILES string of the molecule is CC(C)=CCc1c(O)cc(O)cc1-c1ccccc1. The summed E-state index contributed by atoms with van der Waals surface area (Å²) in [7, 11) is 0. The number of hydrogen-bond acceptors (Lipinski definition) is 2. The summed E-state index contributed by atoms with van der Waals surface area (Å²) in [5.74, 6) is 0.216. The highest BCUT2D eigenvalue weighted by atomic mass is 16.3. The van der Waals surface area contributed by atoms with E-state index in [-0.39, 0.29) is 11.5 Å². The quantitative estimate of drug-likeness (QED) is 0.803. The minimum Gasteiger partial charge on any atom is -0.508 e. The lowest BCUT2D eigenvalue weighted by Crippen LogP contribution is -1.90. The molecule has 2 nitrogen and oxygen atoms in total. The van der Waals surface area contributed by atoms with Crippen LogP contribution < -0.4 is 0 Å². The highest BCUT2D eigenvalue weighted by molar-refractivity contribution is 5.72. The van der Waals surface area contributed by atoms with Gasteiger partial charge in [-0.2, -0.15) is 0 Å². The van der Waals surface area contributed by atoms with Crippen LogP contribution in [-0.4, -0.2) is 10.2 Å². The molecule has 0 aliphatic carbocycles. The van der Waals surface area contributed by atoms with Gasteiger partial charge in [0.15, 0.2) is 0 Å². The smallest absolute Gasteiger partial charge is 0.123 e. The van der Waals surface area contributed by atoms with Crippen molar-refractivity contribution in [3.05, 3.63) is 59.7 Å². The minimum absolute atomic E-state index is 0.0808. The van der Waals surface area contributed by atoms with Crippen LogP contribution in [0, 0.1) is 0 Å². The third-order valence-electron chi connectivity index (χ3n) is 3.01. The Bertz CT molecular complexity index is 594. The van der Waals surface area contributed by atoms with E-state index in [1.165, 1.54) is 11.6 Å². The summed E-state index contributed by atoms with van der Waals surface area (Å²) in [6.45, 7) is 4.05. The van der Waals surface area contributed by atoms with Gasteiger partial charge in [-0.25, -0.2) is 0 Å². The molecule has 0 saturated carbocycles. The van der Waals surface area contributed by atoms with Crippen molar-refractivity contribution in [2.75, 3.05) is 0 Å². The van der Waals surface area contributed by atoms with Gasteiger partial charge in [0.2, 0.25) is 0 Å². The van der Waals surface area contributed by atoms with Crippen molar-refractivity contribution in [3.8, 4) is 22.6 Å². The van der Waals surface area contributed by atoms with Crippen LogP contribution in [0.5, 0.6) is 11.5 Å². The topological polar surface area (TPSA) is 40.5 Å². The highest BCUT2D eigenvalue weighted by Gasteiger charge is 2.11. The number of hydrogen-bond donors (Lipinski definition) is 2. The lowest BCUT2D eigenvalue weighted by Gasteiger charge is -2.11. The number of aromatic hydroxyl groups is 2. The maximum Gasteiger partial charge on any atom is 0.123 e. The van der Waals surface area contributed by atoms with Gasteiger partial charge in [-0.3, -0.25) is 0 Å². The molecule has 0 aliphatic rings. The number of rotatable bonds is 3. The number of phenols is 2. The Kier molecular flexibility index (Phi) is 3.91. The van der Waals surface area contributed by atoms with Gasteiger partial charge >= 0.3 is 0 Å². The monoisotopic (exact) mass is 254 g/mol. The summed E-state index contributed by atoms with van der Waals surface area (Å²) >= 11 is 0. The van der Waals surface area contributed by atoms with Crippen molar-refractivity contribution in [2.24, 2.45) is 0 Å². The lowest BCUT2D eigenvalue weighted by molar-refractivity contribution is 0.447. The van der Waals surface area contributed by atoms with Gasteiger partial charge in [-0.05, 0) is 37.5 Å².